The van der Waals surface area contributed by atoms with Crippen molar-refractivity contribution >= 4 is 29.4 Å². The Bertz CT molecular complexity index is 1040. The largest absolute Gasteiger partial charge is 0.497 e. The monoisotopic (exact) mass is 510 g/mol. The number of nitrogens with one attached hydrogen (secondary N) is 1. The molecule has 0 aliphatic carbocycles. The van der Waals surface area contributed by atoms with Crippen molar-refractivity contribution in [2.45, 2.75) is 38.5 Å². The number of likely N-dealkylation sites (tertiary alicyclic amines) is 2. The molecule has 3 amide bonds. The number of hydrogen-bond acceptors (Lipinski definition) is 7. The molecule has 11 nitrogen and oxygen atoms in total. The summed E-state index contributed by atoms with van der Waals surface area (Å²) in [7, 11) is 1.57. The lowest BCUT2D eigenvalue weighted by atomic mass is 10.2. The van der Waals surface area contributed by atoms with Gasteiger partial charge in [-0.3, -0.25) is 19.7 Å². The number of aromatic nitrogens is 1. The van der Waals surface area contributed by atoms with Gasteiger partial charge in [-0.25, -0.2) is 4.99 Å². The number of nitrogens with zero attached hydrogens (tertiary/aromatic N) is 4. The molecule has 0 atom stereocenters. The predicted octanol–water partition coefficient (Wildman–Crippen LogP) is 2.32. The molecule has 1 aromatic heterocycles. The normalized spacial score (nSPS) is 15.4. The minimum Gasteiger partial charge on any atom is -0.497 e. The molecule has 2 fully saturated rings. The van der Waals surface area contributed by atoms with Crippen molar-refractivity contribution < 1.29 is 23.6 Å². The van der Waals surface area contributed by atoms with Crippen LogP contribution in [0.5, 0.6) is 5.75 Å². The zero-order chi connectivity index (χ0) is 27.0. The second kappa shape index (κ2) is 15.6. The Morgan fingerprint density at radius 3 is 2.38 bits per heavy atom. The topological polar surface area (TPSA) is 143 Å². The first-order valence-electron chi connectivity index (χ1n) is 12.1. The van der Waals surface area contributed by atoms with Crippen molar-refractivity contribution in [3.63, 3.8) is 0 Å². The van der Waals surface area contributed by atoms with Crippen LogP contribution in [0.15, 0.2) is 46.0 Å². The van der Waals surface area contributed by atoms with Gasteiger partial charge in [-0.15, -0.1) is 12.8 Å². The molecular formula is C26H34N6O5. The predicted molar refractivity (Wildman–Crippen MR) is 139 cm³/mol. The number of aliphatic imine (C=N–C) groups is 1. The van der Waals surface area contributed by atoms with Gasteiger partial charge in [0.15, 0.2) is 0 Å². The van der Waals surface area contributed by atoms with E-state index in [0.29, 0.717) is 24.4 Å². The van der Waals surface area contributed by atoms with Gasteiger partial charge in [0.05, 0.1) is 25.5 Å². The Morgan fingerprint density at radius 1 is 1.08 bits per heavy atom. The lowest BCUT2D eigenvalue weighted by Crippen LogP contribution is -2.41. The van der Waals surface area contributed by atoms with Gasteiger partial charge in [0, 0.05) is 32.1 Å². The molecule has 198 valence electrons. The third-order valence-corrected chi connectivity index (χ3v) is 5.68. The molecule has 37 heavy (non-hydrogen) atoms. The van der Waals surface area contributed by atoms with Gasteiger partial charge in [-0.2, -0.15) is 0 Å². The lowest BCUT2D eigenvalue weighted by molar-refractivity contribution is -0.139. The minimum absolute atomic E-state index is 0.0356. The fourth-order valence-electron chi connectivity index (χ4n) is 3.77. The maximum absolute atomic E-state index is 11.9. The standard InChI is InChI=1S/C12H12N4O3.C12H20N2O2.C2H2/c1-18-9-4-2-8(3-5-9)15-12(13)16-11(17)10-6-7-14-19-10;15-11-6-2-1-3-9-14(11)10-12(16)13-7-4-5-8-13;1-2/h2-7H,1H3,(H3,13,15,16,17);1-10H2;1-2H. The van der Waals surface area contributed by atoms with E-state index in [1.54, 1.807) is 36.3 Å². The molecular weight excluding hydrogens is 476 g/mol. The van der Waals surface area contributed by atoms with E-state index < -0.39 is 5.91 Å². The van der Waals surface area contributed by atoms with Gasteiger partial charge in [0.1, 0.15) is 5.75 Å². The molecule has 2 aliphatic rings. The summed E-state index contributed by atoms with van der Waals surface area (Å²) in [5.74, 6) is 0.521. The Hall–Kier alpha value is -4.33. The van der Waals surface area contributed by atoms with Gasteiger partial charge >= 0.3 is 0 Å². The number of methoxy groups -OCH3 is 1. The molecule has 3 heterocycles. The quantitative estimate of drug-likeness (QED) is 0.357. The van der Waals surface area contributed by atoms with Crippen LogP contribution in [0.3, 0.4) is 0 Å². The van der Waals surface area contributed by atoms with Crippen LogP contribution in [0.4, 0.5) is 5.69 Å². The molecule has 0 spiro atoms. The van der Waals surface area contributed by atoms with E-state index in [1.165, 1.54) is 12.3 Å². The van der Waals surface area contributed by atoms with Crippen LogP contribution in [0, 0.1) is 12.8 Å². The maximum atomic E-state index is 11.9. The molecule has 2 saturated heterocycles. The Kier molecular flexibility index (Phi) is 12.2. The average molecular weight is 511 g/mol. The fraction of sp³-hybridized carbons (Fsp3) is 0.423. The number of nitrogens with two attached hydrogens (primary N) is 1. The Balaban J connectivity index is 0.000000247. The second-order valence-electron chi connectivity index (χ2n) is 8.24. The van der Waals surface area contributed by atoms with Crippen LogP contribution >= 0.6 is 0 Å². The number of terminal acetylenes is 1. The van der Waals surface area contributed by atoms with Gasteiger partial charge < -0.3 is 24.8 Å². The van der Waals surface area contributed by atoms with Crippen LogP contribution < -0.4 is 15.8 Å². The Morgan fingerprint density at radius 2 is 1.76 bits per heavy atom. The van der Waals surface area contributed by atoms with Crippen molar-refractivity contribution in [2.24, 2.45) is 10.7 Å². The molecule has 11 heteroatoms. The van der Waals surface area contributed by atoms with E-state index in [0.717, 1.165) is 51.7 Å². The van der Waals surface area contributed by atoms with E-state index in [1.807, 2.05) is 4.90 Å². The summed E-state index contributed by atoms with van der Waals surface area (Å²) >= 11 is 0. The van der Waals surface area contributed by atoms with Crippen molar-refractivity contribution in [3.8, 4) is 18.6 Å². The maximum Gasteiger partial charge on any atom is 0.296 e. The zero-order valence-electron chi connectivity index (χ0n) is 21.1. The van der Waals surface area contributed by atoms with Crippen LogP contribution in [0.2, 0.25) is 0 Å². The molecule has 2 aliphatic heterocycles. The van der Waals surface area contributed by atoms with E-state index in [4.69, 9.17) is 10.5 Å². The zero-order valence-corrected chi connectivity index (χ0v) is 21.1. The van der Waals surface area contributed by atoms with Crippen molar-refractivity contribution in [3.05, 3.63) is 42.3 Å². The second-order valence-corrected chi connectivity index (χ2v) is 8.24. The van der Waals surface area contributed by atoms with Crippen LogP contribution in [-0.4, -0.2) is 71.9 Å². The summed E-state index contributed by atoms with van der Waals surface area (Å²) in [6.45, 7) is 2.82. The van der Waals surface area contributed by atoms with Crippen LogP contribution in [0.25, 0.3) is 0 Å². The third kappa shape index (κ3) is 9.68. The number of amides is 3. The lowest BCUT2D eigenvalue weighted by Gasteiger charge is -2.23. The van der Waals surface area contributed by atoms with Crippen molar-refractivity contribution in [2.75, 3.05) is 33.3 Å². The van der Waals surface area contributed by atoms with Crippen LogP contribution in [-0.2, 0) is 9.59 Å². The summed E-state index contributed by atoms with van der Waals surface area (Å²) in [4.78, 5) is 42.9. The van der Waals surface area contributed by atoms with Crippen molar-refractivity contribution in [1.29, 1.82) is 0 Å². The molecule has 0 saturated carbocycles. The molecule has 0 radical (unpaired) electrons. The van der Waals surface area contributed by atoms with Gasteiger partial charge in [0.2, 0.25) is 23.5 Å². The van der Waals surface area contributed by atoms with Gasteiger partial charge in [-0.1, -0.05) is 11.6 Å². The molecule has 2 aromatic rings. The first kappa shape index (κ1) is 28.9. The van der Waals surface area contributed by atoms with Gasteiger partial charge in [-0.05, 0) is 49.9 Å². The Labute approximate surface area is 217 Å². The smallest absolute Gasteiger partial charge is 0.296 e. The summed E-state index contributed by atoms with van der Waals surface area (Å²) in [5.41, 5.74) is 6.20. The first-order valence-corrected chi connectivity index (χ1v) is 12.1. The summed E-state index contributed by atoms with van der Waals surface area (Å²) < 4.78 is 9.71. The number of benzene rings is 1. The number of guanidine groups is 1. The van der Waals surface area contributed by atoms with E-state index in [2.05, 4.69) is 32.8 Å². The number of carbonyl (C=O) groups is 3. The highest BCUT2D eigenvalue weighted by Gasteiger charge is 2.23. The summed E-state index contributed by atoms with van der Waals surface area (Å²) in [6, 6.07) is 8.34. The number of hydrogen-bond donors (Lipinski definition) is 2. The first-order chi connectivity index (χ1) is 18.0. The fourth-order valence-corrected chi connectivity index (χ4v) is 3.77. The van der Waals surface area contributed by atoms with Crippen LogP contribution in [0.1, 0.15) is 49.1 Å². The number of rotatable bonds is 5. The average Bonchev–Trinajstić information content (AvgIpc) is 3.62. The highest BCUT2D eigenvalue weighted by molar-refractivity contribution is 6.04. The highest BCUT2D eigenvalue weighted by Crippen LogP contribution is 2.17. The van der Waals surface area contributed by atoms with E-state index >= 15 is 0 Å². The molecule has 0 bridgehead atoms. The SMILES string of the molecule is C#C.COc1ccc(N=C(N)NC(=O)c2ccno2)cc1.O=C(CN1CCCCCC1=O)N1CCCC1. The molecule has 3 N–H and O–H groups in total. The molecule has 0 unspecified atom stereocenters. The number of ether oxygens (including phenoxy) is 1. The highest BCUT2D eigenvalue weighted by atomic mass is 16.5. The van der Waals surface area contributed by atoms with E-state index in [9.17, 15) is 14.4 Å². The minimum atomic E-state index is -0.507. The van der Waals surface area contributed by atoms with E-state index in [-0.39, 0.29) is 23.5 Å². The van der Waals surface area contributed by atoms with Gasteiger partial charge in [0.25, 0.3) is 5.91 Å². The molecule has 1 aromatic carbocycles. The summed E-state index contributed by atoms with van der Waals surface area (Å²) in [5, 5.41) is 5.81. The molecule has 4 rings (SSSR count). The number of carbonyl (C=O) groups excluding carboxylic acids is 3. The van der Waals surface area contributed by atoms with Crippen molar-refractivity contribution in [1.82, 2.24) is 20.3 Å². The third-order valence-electron chi connectivity index (χ3n) is 5.68. The summed E-state index contributed by atoms with van der Waals surface area (Å²) in [6.07, 6.45) is 15.3.